The third-order valence-electron chi connectivity index (χ3n) is 8.10. The molecule has 2 amide bonds. The van der Waals surface area contributed by atoms with E-state index in [9.17, 15) is 14.0 Å². The molecule has 2 fully saturated rings. The van der Waals surface area contributed by atoms with Crippen LogP contribution in [-0.4, -0.2) is 53.0 Å². The van der Waals surface area contributed by atoms with E-state index in [1.54, 1.807) is 19.2 Å². The van der Waals surface area contributed by atoms with Crippen molar-refractivity contribution < 1.29 is 23.5 Å². The number of piperidine rings is 2. The van der Waals surface area contributed by atoms with E-state index in [2.05, 4.69) is 31.6 Å². The number of imide groups is 1. The summed E-state index contributed by atoms with van der Waals surface area (Å²) in [6, 6.07) is 14.5. The van der Waals surface area contributed by atoms with Gasteiger partial charge in [0.25, 0.3) is 0 Å². The van der Waals surface area contributed by atoms with Crippen molar-refractivity contribution in [3.8, 4) is 11.5 Å². The molecule has 0 saturated carbocycles. The Labute approximate surface area is 263 Å². The number of rotatable bonds is 8. The summed E-state index contributed by atoms with van der Waals surface area (Å²) in [7, 11) is 1.57. The lowest BCUT2D eigenvalue weighted by Gasteiger charge is -2.33. The van der Waals surface area contributed by atoms with E-state index in [-0.39, 0.29) is 39.6 Å². The van der Waals surface area contributed by atoms with Crippen LogP contribution < -0.4 is 20.1 Å². The third-order valence-corrected chi connectivity index (χ3v) is 8.88. The van der Waals surface area contributed by atoms with E-state index >= 15 is 0 Å². The zero-order valence-electron chi connectivity index (χ0n) is 23.9. The summed E-state index contributed by atoms with van der Waals surface area (Å²) in [5, 5.41) is 6.04. The maximum absolute atomic E-state index is 14.8. The first-order valence-corrected chi connectivity index (χ1v) is 15.1. The Morgan fingerprint density at radius 2 is 1.84 bits per heavy atom. The molecular formula is C32H30Cl2FN5O4. The lowest BCUT2D eigenvalue weighted by Crippen LogP contribution is -2.40. The number of nitrogens with zero attached hydrogens (tertiary/aromatic N) is 3. The van der Waals surface area contributed by atoms with Crippen LogP contribution in [0.4, 0.5) is 15.9 Å². The number of ether oxygens (including phenoxy) is 2. The fourth-order valence-corrected chi connectivity index (χ4v) is 6.09. The van der Waals surface area contributed by atoms with Gasteiger partial charge in [-0.05, 0) is 48.6 Å². The predicted molar refractivity (Wildman–Crippen MR) is 166 cm³/mol. The monoisotopic (exact) mass is 637 g/mol. The summed E-state index contributed by atoms with van der Waals surface area (Å²) < 4.78 is 26.9. The highest BCUT2D eigenvalue weighted by Crippen LogP contribution is 2.38. The molecule has 0 bridgehead atoms. The average molecular weight is 639 g/mol. The zero-order valence-corrected chi connectivity index (χ0v) is 25.4. The van der Waals surface area contributed by atoms with Crippen molar-refractivity contribution in [1.82, 2.24) is 20.2 Å². The molecule has 2 aliphatic heterocycles. The summed E-state index contributed by atoms with van der Waals surface area (Å²) in [6.07, 6.45) is 3.77. The first kappa shape index (κ1) is 30.1. The molecule has 0 aliphatic carbocycles. The summed E-state index contributed by atoms with van der Waals surface area (Å²) in [4.78, 5) is 35.2. The molecule has 4 aromatic rings. The number of anilines is 2. The van der Waals surface area contributed by atoms with Crippen molar-refractivity contribution in [2.24, 2.45) is 0 Å². The first-order chi connectivity index (χ1) is 21.3. The molecule has 1 aromatic heterocycles. The first-order valence-electron chi connectivity index (χ1n) is 14.3. The number of benzene rings is 3. The maximum Gasteiger partial charge on any atom is 0.234 e. The molecule has 44 heavy (non-hydrogen) atoms. The molecule has 6 rings (SSSR count). The number of methoxy groups -OCH3 is 1. The van der Waals surface area contributed by atoms with Gasteiger partial charge in [0.05, 0.1) is 34.3 Å². The van der Waals surface area contributed by atoms with Gasteiger partial charge in [0.2, 0.25) is 11.8 Å². The highest BCUT2D eigenvalue weighted by Gasteiger charge is 2.30. The van der Waals surface area contributed by atoms with Crippen molar-refractivity contribution in [3.63, 3.8) is 0 Å². The van der Waals surface area contributed by atoms with Crippen LogP contribution in [0.3, 0.4) is 0 Å². The Bertz CT molecular complexity index is 1730. The van der Waals surface area contributed by atoms with Crippen LogP contribution in [0.2, 0.25) is 10.0 Å². The molecule has 228 valence electrons. The van der Waals surface area contributed by atoms with Gasteiger partial charge in [0.15, 0.2) is 17.3 Å². The SMILES string of the molecule is COc1cc2ncnc(Nc3ccc(Cl)c(Cl)c3F)c2cc1OC1CCN(Cc2ccccc2C2CCC(=O)NC2=O)CC1. The summed E-state index contributed by atoms with van der Waals surface area (Å²) in [5.74, 6) is 0.0103. The molecule has 2 saturated heterocycles. The number of fused-ring (bicyclic) bond motifs is 1. The molecule has 2 aliphatic rings. The van der Waals surface area contributed by atoms with Crippen molar-refractivity contribution in [2.75, 3.05) is 25.5 Å². The number of carbonyl (C=O) groups is 2. The van der Waals surface area contributed by atoms with Crippen LogP contribution in [0, 0.1) is 5.82 Å². The minimum absolute atomic E-state index is 0.0588. The van der Waals surface area contributed by atoms with Crippen LogP contribution >= 0.6 is 23.2 Å². The molecule has 0 radical (unpaired) electrons. The van der Waals surface area contributed by atoms with Crippen LogP contribution in [0.1, 0.15) is 42.7 Å². The quantitative estimate of drug-likeness (QED) is 0.169. The lowest BCUT2D eigenvalue weighted by atomic mass is 9.87. The van der Waals surface area contributed by atoms with Crippen LogP contribution in [-0.2, 0) is 16.1 Å². The standard InChI is InChI=1S/C32H30Cl2FN5O4/c1-43-26-15-25-22(31(37-17-36-25)38-24-8-7-23(33)29(34)30(24)35)14-27(26)44-19-10-12-40(13-11-19)16-18-4-2-3-5-20(18)21-6-9-28(41)39-32(21)42/h2-5,7-8,14-15,17,19,21H,6,9-13,16H2,1H3,(H,36,37,38)(H,39,41,42). The van der Waals surface area contributed by atoms with Crippen molar-refractivity contribution in [3.05, 3.63) is 81.8 Å². The molecule has 9 nitrogen and oxygen atoms in total. The molecule has 2 N–H and O–H groups in total. The molecule has 3 heterocycles. The Balaban J connectivity index is 1.15. The van der Waals surface area contributed by atoms with Gasteiger partial charge in [-0.2, -0.15) is 0 Å². The largest absolute Gasteiger partial charge is 0.493 e. The van der Waals surface area contributed by atoms with Gasteiger partial charge in [0, 0.05) is 37.5 Å². The number of nitrogens with one attached hydrogen (secondary N) is 2. The van der Waals surface area contributed by atoms with Gasteiger partial charge >= 0.3 is 0 Å². The van der Waals surface area contributed by atoms with E-state index in [1.165, 1.54) is 18.5 Å². The fraction of sp³-hybridized carbons (Fsp3) is 0.312. The van der Waals surface area contributed by atoms with Crippen LogP contribution in [0.15, 0.2) is 54.9 Å². The number of amides is 2. The number of likely N-dealkylation sites (tertiary alicyclic amines) is 1. The van der Waals surface area contributed by atoms with E-state index in [0.29, 0.717) is 47.6 Å². The second-order valence-electron chi connectivity index (χ2n) is 10.9. The number of carbonyl (C=O) groups excluding carboxylic acids is 2. The highest BCUT2D eigenvalue weighted by molar-refractivity contribution is 6.42. The number of hydrogen-bond donors (Lipinski definition) is 2. The van der Waals surface area contributed by atoms with Gasteiger partial charge in [-0.25, -0.2) is 14.4 Å². The molecular weight excluding hydrogens is 608 g/mol. The Morgan fingerprint density at radius 1 is 1.05 bits per heavy atom. The fourth-order valence-electron chi connectivity index (χ4n) is 5.78. The normalized spacial score (nSPS) is 17.9. The Kier molecular flexibility index (Phi) is 8.83. The average Bonchev–Trinajstić information content (AvgIpc) is 3.02. The highest BCUT2D eigenvalue weighted by atomic mass is 35.5. The third kappa shape index (κ3) is 6.29. The van der Waals surface area contributed by atoms with Gasteiger partial charge in [-0.1, -0.05) is 47.5 Å². The van der Waals surface area contributed by atoms with Gasteiger partial charge < -0.3 is 14.8 Å². The zero-order chi connectivity index (χ0) is 30.8. The number of halogens is 3. The minimum Gasteiger partial charge on any atom is -0.493 e. The lowest BCUT2D eigenvalue weighted by molar-refractivity contribution is -0.134. The second kappa shape index (κ2) is 12.9. The van der Waals surface area contributed by atoms with Crippen molar-refractivity contribution in [1.29, 1.82) is 0 Å². The van der Waals surface area contributed by atoms with Crippen LogP contribution in [0.25, 0.3) is 10.9 Å². The second-order valence-corrected chi connectivity index (χ2v) is 11.7. The predicted octanol–water partition coefficient (Wildman–Crippen LogP) is 6.39. The van der Waals surface area contributed by atoms with Crippen LogP contribution in [0.5, 0.6) is 11.5 Å². The smallest absolute Gasteiger partial charge is 0.234 e. The van der Waals surface area contributed by atoms with Gasteiger partial charge in [0.1, 0.15) is 18.2 Å². The van der Waals surface area contributed by atoms with Crippen molar-refractivity contribution >= 4 is 57.4 Å². The van der Waals surface area contributed by atoms with E-state index in [4.69, 9.17) is 32.7 Å². The summed E-state index contributed by atoms with van der Waals surface area (Å²) in [6.45, 7) is 2.31. The topological polar surface area (TPSA) is 106 Å². The van der Waals surface area contributed by atoms with E-state index in [1.807, 2.05) is 18.2 Å². The van der Waals surface area contributed by atoms with E-state index < -0.39 is 5.82 Å². The van der Waals surface area contributed by atoms with E-state index in [0.717, 1.165) is 37.1 Å². The van der Waals surface area contributed by atoms with Gasteiger partial charge in [-0.3, -0.25) is 19.8 Å². The molecule has 12 heteroatoms. The summed E-state index contributed by atoms with van der Waals surface area (Å²) in [5.41, 5.74) is 2.79. The Hall–Kier alpha value is -3.99. The van der Waals surface area contributed by atoms with Crippen molar-refractivity contribution in [2.45, 2.75) is 44.2 Å². The Morgan fingerprint density at radius 3 is 2.61 bits per heavy atom. The number of hydrogen-bond acceptors (Lipinski definition) is 8. The molecule has 0 spiro atoms. The molecule has 1 unspecified atom stereocenters. The maximum atomic E-state index is 14.8. The molecule has 1 atom stereocenters. The van der Waals surface area contributed by atoms with Gasteiger partial charge in [-0.15, -0.1) is 0 Å². The minimum atomic E-state index is -0.678. The summed E-state index contributed by atoms with van der Waals surface area (Å²) >= 11 is 11.9. The molecule has 3 aromatic carbocycles. The number of aromatic nitrogens is 2.